The van der Waals surface area contributed by atoms with Gasteiger partial charge < -0.3 is 10.0 Å². The molecule has 132 valence electrons. The molecule has 1 aliphatic heterocycles. The average Bonchev–Trinajstić information content (AvgIpc) is 2.60. The van der Waals surface area contributed by atoms with Gasteiger partial charge in [-0.3, -0.25) is 19.0 Å². The van der Waals surface area contributed by atoms with Crippen LogP contribution in [0.5, 0.6) is 0 Å². The van der Waals surface area contributed by atoms with Crippen LogP contribution >= 0.6 is 0 Å². The molecule has 2 aromatic rings. The summed E-state index contributed by atoms with van der Waals surface area (Å²) in [6, 6.07) is 7.08. The van der Waals surface area contributed by atoms with E-state index in [2.05, 4.69) is 4.98 Å². The van der Waals surface area contributed by atoms with Crippen molar-refractivity contribution in [3.05, 3.63) is 40.9 Å². The first-order valence-electron chi connectivity index (χ1n) is 8.40. The summed E-state index contributed by atoms with van der Waals surface area (Å²) in [7, 11) is 0. The number of carboxylic acid groups (broad SMARTS) is 1. The number of aliphatic carboxylic acids is 1. The lowest BCUT2D eigenvalue weighted by atomic mass is 9.90. The fourth-order valence-corrected chi connectivity index (χ4v) is 3.37. The molecule has 1 saturated heterocycles. The zero-order valence-corrected chi connectivity index (χ0v) is 14.1. The molecule has 7 heteroatoms. The van der Waals surface area contributed by atoms with Crippen LogP contribution in [0.25, 0.3) is 10.9 Å². The standard InChI is InChI=1S/C18H21N3O4/c1-12-8-13(18(24)25)10-21(9-12)16(22)6-7-20-11-19-15-5-3-2-4-14(15)17(20)23/h2-5,11-13H,6-10H2,1H3,(H,24,25). The predicted octanol–water partition coefficient (Wildman–Crippen LogP) is 1.36. The molecule has 2 atom stereocenters. The number of hydrogen-bond acceptors (Lipinski definition) is 4. The summed E-state index contributed by atoms with van der Waals surface area (Å²) in [6.07, 6.45) is 2.20. The lowest BCUT2D eigenvalue weighted by molar-refractivity contribution is -0.147. The van der Waals surface area contributed by atoms with Gasteiger partial charge in [-0.1, -0.05) is 19.1 Å². The van der Waals surface area contributed by atoms with E-state index in [9.17, 15) is 19.5 Å². The third-order valence-corrected chi connectivity index (χ3v) is 4.66. The molecule has 0 saturated carbocycles. The Labute approximate surface area is 144 Å². The SMILES string of the molecule is CC1CC(C(=O)O)CN(C(=O)CCn2cnc3ccccc3c2=O)C1. The summed E-state index contributed by atoms with van der Waals surface area (Å²) in [6.45, 7) is 2.99. The highest BCUT2D eigenvalue weighted by molar-refractivity contribution is 5.78. The maximum absolute atomic E-state index is 12.5. The van der Waals surface area contributed by atoms with Crippen molar-refractivity contribution in [2.75, 3.05) is 13.1 Å². The molecule has 0 spiro atoms. The number of hydrogen-bond donors (Lipinski definition) is 1. The van der Waals surface area contributed by atoms with Gasteiger partial charge in [-0.2, -0.15) is 0 Å². The van der Waals surface area contributed by atoms with Gasteiger partial charge in [0.15, 0.2) is 0 Å². The molecule has 3 rings (SSSR count). The quantitative estimate of drug-likeness (QED) is 0.905. The largest absolute Gasteiger partial charge is 0.481 e. The maximum Gasteiger partial charge on any atom is 0.308 e. The van der Waals surface area contributed by atoms with Crippen molar-refractivity contribution in [3.63, 3.8) is 0 Å². The summed E-state index contributed by atoms with van der Waals surface area (Å²) in [5, 5.41) is 9.73. The minimum absolute atomic E-state index is 0.127. The number of fused-ring (bicyclic) bond motifs is 1. The monoisotopic (exact) mass is 343 g/mol. The van der Waals surface area contributed by atoms with Gasteiger partial charge in [-0.05, 0) is 24.5 Å². The number of amides is 1. The highest BCUT2D eigenvalue weighted by atomic mass is 16.4. The van der Waals surface area contributed by atoms with Gasteiger partial charge in [-0.25, -0.2) is 4.98 Å². The predicted molar refractivity (Wildman–Crippen MR) is 92.1 cm³/mol. The highest BCUT2D eigenvalue weighted by Crippen LogP contribution is 2.22. The molecule has 0 radical (unpaired) electrons. The Kier molecular flexibility index (Phi) is 4.83. The van der Waals surface area contributed by atoms with E-state index in [1.54, 1.807) is 23.1 Å². The fraction of sp³-hybridized carbons (Fsp3) is 0.444. The van der Waals surface area contributed by atoms with Crippen LogP contribution in [0.15, 0.2) is 35.4 Å². The Balaban J connectivity index is 1.69. The zero-order valence-electron chi connectivity index (χ0n) is 14.1. The summed E-state index contributed by atoms with van der Waals surface area (Å²) in [4.78, 5) is 42.0. The minimum Gasteiger partial charge on any atom is -0.481 e. The molecular weight excluding hydrogens is 322 g/mol. The number of benzene rings is 1. The second kappa shape index (κ2) is 7.04. The number of carbonyl (C=O) groups excluding carboxylic acids is 1. The molecule has 1 aromatic carbocycles. The molecule has 7 nitrogen and oxygen atoms in total. The number of carbonyl (C=O) groups is 2. The van der Waals surface area contributed by atoms with Crippen molar-refractivity contribution in [2.24, 2.45) is 11.8 Å². The van der Waals surface area contributed by atoms with Crippen LogP contribution < -0.4 is 5.56 Å². The Bertz CT molecular complexity index is 861. The Morgan fingerprint density at radius 1 is 1.28 bits per heavy atom. The van der Waals surface area contributed by atoms with E-state index in [0.29, 0.717) is 23.9 Å². The summed E-state index contributed by atoms with van der Waals surface area (Å²) in [5.41, 5.74) is 0.457. The molecule has 1 amide bonds. The molecular formula is C18H21N3O4. The molecule has 2 unspecified atom stereocenters. The molecule has 1 N–H and O–H groups in total. The third-order valence-electron chi connectivity index (χ3n) is 4.66. The van der Waals surface area contributed by atoms with Crippen molar-refractivity contribution in [1.82, 2.24) is 14.5 Å². The lowest BCUT2D eigenvalue weighted by Gasteiger charge is -2.34. The van der Waals surface area contributed by atoms with E-state index in [1.807, 2.05) is 13.0 Å². The maximum atomic E-state index is 12.5. The van der Waals surface area contributed by atoms with Crippen molar-refractivity contribution in [2.45, 2.75) is 26.3 Å². The van der Waals surface area contributed by atoms with Gasteiger partial charge in [0.1, 0.15) is 0 Å². The fourth-order valence-electron chi connectivity index (χ4n) is 3.37. The second-order valence-corrected chi connectivity index (χ2v) is 6.69. The number of aromatic nitrogens is 2. The zero-order chi connectivity index (χ0) is 18.0. The Hall–Kier alpha value is -2.70. The number of para-hydroxylation sites is 1. The Morgan fingerprint density at radius 3 is 2.80 bits per heavy atom. The molecule has 0 bridgehead atoms. The minimum atomic E-state index is -0.862. The first kappa shape index (κ1) is 17.1. The Morgan fingerprint density at radius 2 is 2.04 bits per heavy atom. The van der Waals surface area contributed by atoms with Crippen LogP contribution in [0.3, 0.4) is 0 Å². The third kappa shape index (κ3) is 3.70. The van der Waals surface area contributed by atoms with E-state index >= 15 is 0 Å². The number of nitrogens with zero attached hydrogens (tertiary/aromatic N) is 3. The highest BCUT2D eigenvalue weighted by Gasteiger charge is 2.31. The van der Waals surface area contributed by atoms with Crippen LogP contribution in [0.2, 0.25) is 0 Å². The van der Waals surface area contributed by atoms with E-state index < -0.39 is 11.9 Å². The van der Waals surface area contributed by atoms with Crippen molar-refractivity contribution in [3.8, 4) is 0 Å². The van der Waals surface area contributed by atoms with Gasteiger partial charge in [-0.15, -0.1) is 0 Å². The van der Waals surface area contributed by atoms with Crippen molar-refractivity contribution >= 4 is 22.8 Å². The molecule has 2 heterocycles. The van der Waals surface area contributed by atoms with Crippen molar-refractivity contribution < 1.29 is 14.7 Å². The lowest BCUT2D eigenvalue weighted by Crippen LogP contribution is -2.45. The number of likely N-dealkylation sites (tertiary alicyclic amines) is 1. The summed E-state index contributed by atoms with van der Waals surface area (Å²) in [5.74, 6) is -1.35. The number of carboxylic acids is 1. The van der Waals surface area contributed by atoms with Crippen LogP contribution in [0, 0.1) is 11.8 Å². The van der Waals surface area contributed by atoms with Crippen LogP contribution in [-0.4, -0.2) is 44.5 Å². The van der Waals surface area contributed by atoms with Gasteiger partial charge in [0.2, 0.25) is 5.91 Å². The molecule has 1 fully saturated rings. The van der Waals surface area contributed by atoms with Gasteiger partial charge in [0.05, 0.1) is 23.1 Å². The van der Waals surface area contributed by atoms with Gasteiger partial charge in [0, 0.05) is 26.1 Å². The van der Waals surface area contributed by atoms with E-state index in [4.69, 9.17) is 0 Å². The molecule has 1 aliphatic rings. The number of rotatable bonds is 4. The molecule has 25 heavy (non-hydrogen) atoms. The summed E-state index contributed by atoms with van der Waals surface area (Å²) < 4.78 is 1.43. The molecule has 0 aliphatic carbocycles. The van der Waals surface area contributed by atoms with Crippen LogP contribution in [0.1, 0.15) is 19.8 Å². The normalized spacial score (nSPS) is 20.6. The average molecular weight is 343 g/mol. The topological polar surface area (TPSA) is 92.5 Å². The first-order chi connectivity index (χ1) is 12.0. The van der Waals surface area contributed by atoms with E-state index in [0.717, 1.165) is 0 Å². The van der Waals surface area contributed by atoms with Crippen molar-refractivity contribution in [1.29, 1.82) is 0 Å². The van der Waals surface area contributed by atoms with Crippen LogP contribution in [-0.2, 0) is 16.1 Å². The second-order valence-electron chi connectivity index (χ2n) is 6.69. The smallest absolute Gasteiger partial charge is 0.308 e. The van der Waals surface area contributed by atoms with Gasteiger partial charge >= 0.3 is 5.97 Å². The number of piperidine rings is 1. The summed E-state index contributed by atoms with van der Waals surface area (Å²) >= 11 is 0. The number of aryl methyl sites for hydroxylation is 1. The first-order valence-corrected chi connectivity index (χ1v) is 8.40. The molecule has 1 aromatic heterocycles. The van der Waals surface area contributed by atoms with E-state index in [-0.39, 0.29) is 36.9 Å². The van der Waals surface area contributed by atoms with E-state index in [1.165, 1.54) is 10.9 Å². The van der Waals surface area contributed by atoms with Gasteiger partial charge in [0.25, 0.3) is 5.56 Å². The van der Waals surface area contributed by atoms with Crippen LogP contribution in [0.4, 0.5) is 0 Å².